The Morgan fingerprint density at radius 1 is 1.03 bits per heavy atom. The van der Waals surface area contributed by atoms with Gasteiger partial charge < -0.3 is 14.8 Å². The lowest BCUT2D eigenvalue weighted by Crippen LogP contribution is -2.26. The maximum Gasteiger partial charge on any atom is 0.244 e. The first-order valence-corrected chi connectivity index (χ1v) is 11.1. The van der Waals surface area contributed by atoms with Crippen molar-refractivity contribution in [3.8, 4) is 11.5 Å². The summed E-state index contributed by atoms with van der Waals surface area (Å²) in [5.41, 5.74) is 0.553. The fourth-order valence-corrected chi connectivity index (χ4v) is 3.93. The van der Waals surface area contributed by atoms with E-state index in [-0.39, 0.29) is 16.6 Å². The number of nitrogens with one attached hydrogen (secondary N) is 2. The van der Waals surface area contributed by atoms with Gasteiger partial charge in [0, 0.05) is 11.5 Å². The molecular formula is C23H24N2O5S. The Labute approximate surface area is 181 Å². The van der Waals surface area contributed by atoms with Crippen LogP contribution in [0, 0.1) is 0 Å². The van der Waals surface area contributed by atoms with Gasteiger partial charge in [0.15, 0.2) is 0 Å². The lowest BCUT2D eigenvalue weighted by molar-refractivity contribution is -0.116. The molecule has 0 atom stereocenters. The van der Waals surface area contributed by atoms with Crippen LogP contribution in [0.3, 0.4) is 0 Å². The van der Waals surface area contributed by atoms with Crippen molar-refractivity contribution >= 4 is 32.8 Å². The van der Waals surface area contributed by atoms with Crippen LogP contribution in [0.2, 0.25) is 0 Å². The topological polar surface area (TPSA) is 93.7 Å². The molecule has 0 aliphatic rings. The molecule has 2 N–H and O–H groups in total. The van der Waals surface area contributed by atoms with E-state index in [2.05, 4.69) is 10.0 Å². The van der Waals surface area contributed by atoms with Gasteiger partial charge in [-0.2, -0.15) is 0 Å². The molecule has 3 rings (SSSR count). The molecule has 0 saturated heterocycles. The SMILES string of the molecule is CNS(=O)(=O)c1cc(C=CC(=O)NCCOc2cccc3ccccc23)ccc1OC. The van der Waals surface area contributed by atoms with Gasteiger partial charge in [0.05, 0.1) is 13.7 Å². The van der Waals surface area contributed by atoms with Gasteiger partial charge in [-0.25, -0.2) is 13.1 Å². The van der Waals surface area contributed by atoms with Crippen LogP contribution in [0.15, 0.2) is 71.6 Å². The average molecular weight is 441 g/mol. The lowest BCUT2D eigenvalue weighted by Gasteiger charge is -2.10. The molecule has 31 heavy (non-hydrogen) atoms. The van der Waals surface area contributed by atoms with E-state index in [1.54, 1.807) is 12.1 Å². The highest BCUT2D eigenvalue weighted by atomic mass is 32.2. The zero-order valence-corrected chi connectivity index (χ0v) is 18.1. The maximum absolute atomic E-state index is 12.1. The van der Waals surface area contributed by atoms with Crippen LogP contribution in [0.1, 0.15) is 5.56 Å². The number of fused-ring (bicyclic) bond motifs is 1. The number of carbonyl (C=O) groups excluding carboxylic acids is 1. The first-order valence-electron chi connectivity index (χ1n) is 9.62. The van der Waals surface area contributed by atoms with Crippen molar-refractivity contribution in [1.82, 2.24) is 10.0 Å². The average Bonchev–Trinajstić information content (AvgIpc) is 2.80. The van der Waals surface area contributed by atoms with Gasteiger partial charge in [0.25, 0.3) is 0 Å². The van der Waals surface area contributed by atoms with Gasteiger partial charge in [0.2, 0.25) is 15.9 Å². The molecule has 1 amide bonds. The molecule has 3 aromatic carbocycles. The fourth-order valence-electron chi connectivity index (χ4n) is 3.00. The number of hydrogen-bond acceptors (Lipinski definition) is 5. The third-order valence-corrected chi connectivity index (χ3v) is 6.02. The van der Waals surface area contributed by atoms with Crippen LogP contribution >= 0.6 is 0 Å². The van der Waals surface area contributed by atoms with Crippen molar-refractivity contribution in [3.05, 3.63) is 72.3 Å². The maximum atomic E-state index is 12.1. The molecule has 0 saturated carbocycles. The number of benzene rings is 3. The summed E-state index contributed by atoms with van der Waals surface area (Å²) >= 11 is 0. The zero-order chi connectivity index (χ0) is 22.3. The molecule has 0 fully saturated rings. The van der Waals surface area contributed by atoms with Crippen LogP contribution in [0.5, 0.6) is 11.5 Å². The predicted molar refractivity (Wildman–Crippen MR) is 121 cm³/mol. The van der Waals surface area contributed by atoms with E-state index in [9.17, 15) is 13.2 Å². The van der Waals surface area contributed by atoms with E-state index >= 15 is 0 Å². The number of rotatable bonds is 9. The zero-order valence-electron chi connectivity index (χ0n) is 17.3. The van der Waals surface area contributed by atoms with E-state index in [0.29, 0.717) is 18.7 Å². The highest BCUT2D eigenvalue weighted by Crippen LogP contribution is 2.26. The second kappa shape index (κ2) is 10.1. The Morgan fingerprint density at radius 3 is 2.58 bits per heavy atom. The van der Waals surface area contributed by atoms with Crippen molar-refractivity contribution in [2.75, 3.05) is 27.3 Å². The van der Waals surface area contributed by atoms with Gasteiger partial charge in [-0.3, -0.25) is 4.79 Å². The quantitative estimate of drug-likeness (QED) is 0.394. The number of amides is 1. The minimum Gasteiger partial charge on any atom is -0.495 e. The molecule has 0 heterocycles. The minimum absolute atomic E-state index is 0.00328. The van der Waals surface area contributed by atoms with Gasteiger partial charge in [-0.05, 0) is 42.3 Å². The van der Waals surface area contributed by atoms with Crippen molar-refractivity contribution in [2.45, 2.75) is 4.90 Å². The number of ether oxygens (including phenoxy) is 2. The van der Waals surface area contributed by atoms with Crippen LogP contribution < -0.4 is 19.5 Å². The molecule has 0 aliphatic heterocycles. The first kappa shape index (κ1) is 22.3. The lowest BCUT2D eigenvalue weighted by atomic mass is 10.1. The second-order valence-corrected chi connectivity index (χ2v) is 8.42. The third-order valence-electron chi connectivity index (χ3n) is 4.58. The van der Waals surface area contributed by atoms with E-state index in [1.165, 1.54) is 32.4 Å². The molecule has 8 heteroatoms. The van der Waals surface area contributed by atoms with Gasteiger partial charge in [-0.15, -0.1) is 0 Å². The highest BCUT2D eigenvalue weighted by molar-refractivity contribution is 7.89. The van der Waals surface area contributed by atoms with Gasteiger partial charge >= 0.3 is 0 Å². The normalized spacial score (nSPS) is 11.5. The monoisotopic (exact) mass is 440 g/mol. The van der Waals surface area contributed by atoms with Crippen molar-refractivity contribution < 1.29 is 22.7 Å². The number of hydrogen-bond donors (Lipinski definition) is 2. The number of sulfonamides is 1. The van der Waals surface area contributed by atoms with E-state index in [1.807, 2.05) is 42.5 Å². The van der Waals surface area contributed by atoms with E-state index in [4.69, 9.17) is 9.47 Å². The van der Waals surface area contributed by atoms with Crippen LogP contribution in [0.4, 0.5) is 0 Å². The summed E-state index contributed by atoms with van der Waals surface area (Å²) in [6, 6.07) is 18.4. The summed E-state index contributed by atoms with van der Waals surface area (Å²) in [4.78, 5) is 12.1. The van der Waals surface area contributed by atoms with Gasteiger partial charge in [0.1, 0.15) is 23.0 Å². The summed E-state index contributed by atoms with van der Waals surface area (Å²) in [7, 11) is -0.967. The second-order valence-electron chi connectivity index (χ2n) is 6.57. The summed E-state index contributed by atoms with van der Waals surface area (Å²) in [6.45, 7) is 0.648. The first-order chi connectivity index (χ1) is 14.9. The molecular weight excluding hydrogens is 416 g/mol. The summed E-state index contributed by atoms with van der Waals surface area (Å²) in [6.07, 6.45) is 2.88. The Morgan fingerprint density at radius 2 is 1.81 bits per heavy atom. The standard InChI is InChI=1S/C23H24N2O5S/c1-24-31(27,28)22-16-17(10-12-21(22)29-2)11-13-23(26)25-14-15-30-20-9-5-7-18-6-3-4-8-19(18)20/h3-13,16,24H,14-15H2,1-2H3,(H,25,26). The molecule has 162 valence electrons. The Kier molecular flexibility index (Phi) is 7.28. The highest BCUT2D eigenvalue weighted by Gasteiger charge is 2.17. The predicted octanol–water partition coefficient (Wildman–Crippen LogP) is 2.96. The Balaban J connectivity index is 1.57. The molecule has 0 aromatic heterocycles. The van der Waals surface area contributed by atoms with Crippen molar-refractivity contribution in [3.63, 3.8) is 0 Å². The molecule has 3 aromatic rings. The molecule has 0 aliphatic carbocycles. The van der Waals surface area contributed by atoms with Crippen LogP contribution in [0.25, 0.3) is 16.8 Å². The molecule has 0 bridgehead atoms. The number of methoxy groups -OCH3 is 1. The Hall–Kier alpha value is -3.36. The van der Waals surface area contributed by atoms with E-state index in [0.717, 1.165) is 16.5 Å². The third kappa shape index (κ3) is 5.62. The van der Waals surface area contributed by atoms with Gasteiger partial charge in [-0.1, -0.05) is 42.5 Å². The number of carbonyl (C=O) groups is 1. The Bertz CT molecular complexity index is 1200. The molecule has 0 spiro atoms. The van der Waals surface area contributed by atoms with Crippen molar-refractivity contribution in [2.24, 2.45) is 0 Å². The van der Waals surface area contributed by atoms with Crippen LogP contribution in [-0.4, -0.2) is 41.6 Å². The fraction of sp³-hybridized carbons (Fsp3) is 0.174. The summed E-state index contributed by atoms with van der Waals surface area (Å²) in [5.74, 6) is 0.677. The summed E-state index contributed by atoms with van der Waals surface area (Å²) < 4.78 is 37.4. The van der Waals surface area contributed by atoms with Crippen molar-refractivity contribution in [1.29, 1.82) is 0 Å². The van der Waals surface area contributed by atoms with E-state index < -0.39 is 10.0 Å². The molecule has 0 unspecified atom stereocenters. The minimum atomic E-state index is -3.69. The smallest absolute Gasteiger partial charge is 0.244 e. The van der Waals surface area contributed by atoms with Crippen LogP contribution in [-0.2, 0) is 14.8 Å². The molecule has 0 radical (unpaired) electrons. The largest absolute Gasteiger partial charge is 0.495 e. The molecule has 7 nitrogen and oxygen atoms in total. The summed E-state index contributed by atoms with van der Waals surface area (Å²) in [5, 5.41) is 4.85.